The monoisotopic (exact) mass is 224 g/mol. The van der Waals surface area contributed by atoms with Gasteiger partial charge in [0.1, 0.15) is 0 Å². The Morgan fingerprint density at radius 1 is 1.06 bits per heavy atom. The Labute approximate surface area is 101 Å². The first-order chi connectivity index (χ1) is 7.86. The van der Waals surface area contributed by atoms with Gasteiger partial charge in [-0.2, -0.15) is 0 Å². The first-order valence-corrected chi connectivity index (χ1v) is 7.27. The lowest BCUT2D eigenvalue weighted by molar-refractivity contribution is 0.208. The van der Waals surface area contributed by atoms with Crippen molar-refractivity contribution in [2.45, 2.75) is 57.4 Å². The zero-order valence-electron chi connectivity index (χ0n) is 10.9. The third kappa shape index (κ3) is 3.74. The van der Waals surface area contributed by atoms with Gasteiger partial charge in [-0.25, -0.2) is 0 Å². The minimum absolute atomic E-state index is 0.886. The van der Waals surface area contributed by atoms with E-state index in [1.807, 2.05) is 0 Å². The Kier molecular flexibility index (Phi) is 5.11. The normalized spacial score (nSPS) is 28.5. The van der Waals surface area contributed by atoms with Crippen LogP contribution in [0.15, 0.2) is 0 Å². The molecule has 1 unspecified atom stereocenters. The molecule has 0 aromatic heterocycles. The van der Waals surface area contributed by atoms with Gasteiger partial charge in [-0.1, -0.05) is 25.7 Å². The maximum Gasteiger partial charge on any atom is 0.00922 e. The molecule has 1 atom stereocenters. The third-order valence-electron chi connectivity index (χ3n) is 4.50. The summed E-state index contributed by atoms with van der Waals surface area (Å²) in [4.78, 5) is 2.64. The van der Waals surface area contributed by atoms with Crippen LogP contribution in [0.1, 0.15) is 51.4 Å². The van der Waals surface area contributed by atoms with Crippen molar-refractivity contribution in [1.82, 2.24) is 10.2 Å². The fourth-order valence-electron chi connectivity index (χ4n) is 3.23. The molecule has 0 bridgehead atoms. The number of hydrogen-bond acceptors (Lipinski definition) is 2. The summed E-state index contributed by atoms with van der Waals surface area (Å²) in [7, 11) is 2.35. The lowest BCUT2D eigenvalue weighted by Gasteiger charge is -2.27. The average molecular weight is 224 g/mol. The lowest BCUT2D eigenvalue weighted by atomic mass is 10.0. The zero-order chi connectivity index (χ0) is 11.2. The molecule has 2 fully saturated rings. The summed E-state index contributed by atoms with van der Waals surface area (Å²) in [6.07, 6.45) is 11.5. The van der Waals surface area contributed by atoms with Crippen LogP contribution < -0.4 is 5.32 Å². The van der Waals surface area contributed by atoms with E-state index >= 15 is 0 Å². The topological polar surface area (TPSA) is 15.3 Å². The van der Waals surface area contributed by atoms with E-state index in [1.54, 1.807) is 0 Å². The van der Waals surface area contributed by atoms with Crippen LogP contribution in [0.4, 0.5) is 0 Å². The highest BCUT2D eigenvalue weighted by Crippen LogP contribution is 2.22. The van der Waals surface area contributed by atoms with Crippen molar-refractivity contribution < 1.29 is 0 Å². The smallest absolute Gasteiger partial charge is 0.00922 e. The quantitative estimate of drug-likeness (QED) is 0.739. The van der Waals surface area contributed by atoms with Crippen molar-refractivity contribution in [3.8, 4) is 0 Å². The minimum Gasteiger partial charge on any atom is -0.316 e. The molecule has 2 heteroatoms. The van der Waals surface area contributed by atoms with Crippen molar-refractivity contribution >= 4 is 0 Å². The van der Waals surface area contributed by atoms with E-state index in [-0.39, 0.29) is 0 Å². The number of nitrogens with one attached hydrogen (secondary N) is 1. The average Bonchev–Trinajstić information content (AvgIpc) is 2.66. The van der Waals surface area contributed by atoms with Crippen molar-refractivity contribution in [2.75, 3.05) is 26.7 Å². The molecular weight excluding hydrogens is 196 g/mol. The molecule has 1 N–H and O–H groups in total. The number of nitrogens with zero attached hydrogens (tertiary/aromatic N) is 1. The molecule has 1 heterocycles. The van der Waals surface area contributed by atoms with E-state index in [0.29, 0.717) is 0 Å². The van der Waals surface area contributed by atoms with Crippen molar-refractivity contribution in [3.63, 3.8) is 0 Å². The van der Waals surface area contributed by atoms with Gasteiger partial charge in [0.2, 0.25) is 0 Å². The SMILES string of the molecule is CN(CCC1CCNC1)C1CCCCCC1. The molecule has 0 aromatic carbocycles. The van der Waals surface area contributed by atoms with E-state index in [9.17, 15) is 0 Å². The van der Waals surface area contributed by atoms with E-state index in [0.717, 1.165) is 12.0 Å². The summed E-state index contributed by atoms with van der Waals surface area (Å²) in [5.41, 5.74) is 0. The predicted octanol–water partition coefficient (Wildman–Crippen LogP) is 2.64. The zero-order valence-corrected chi connectivity index (χ0v) is 10.9. The summed E-state index contributed by atoms with van der Waals surface area (Å²) < 4.78 is 0. The van der Waals surface area contributed by atoms with Gasteiger partial charge in [0.25, 0.3) is 0 Å². The minimum atomic E-state index is 0.886. The maximum atomic E-state index is 3.47. The second kappa shape index (κ2) is 6.61. The van der Waals surface area contributed by atoms with Gasteiger partial charge in [-0.3, -0.25) is 0 Å². The van der Waals surface area contributed by atoms with Gasteiger partial charge < -0.3 is 10.2 Å². The van der Waals surface area contributed by atoms with Gasteiger partial charge in [0.05, 0.1) is 0 Å². The molecule has 16 heavy (non-hydrogen) atoms. The molecule has 0 spiro atoms. The molecule has 1 saturated carbocycles. The van der Waals surface area contributed by atoms with Crippen LogP contribution in [0.3, 0.4) is 0 Å². The molecule has 94 valence electrons. The Morgan fingerprint density at radius 2 is 1.81 bits per heavy atom. The molecule has 2 nitrogen and oxygen atoms in total. The first-order valence-electron chi connectivity index (χ1n) is 7.27. The van der Waals surface area contributed by atoms with Crippen LogP contribution in [0.5, 0.6) is 0 Å². The van der Waals surface area contributed by atoms with Crippen LogP contribution in [0, 0.1) is 5.92 Å². The maximum absolute atomic E-state index is 3.47. The molecular formula is C14H28N2. The molecule has 0 radical (unpaired) electrons. The van der Waals surface area contributed by atoms with E-state index < -0.39 is 0 Å². The molecule has 1 aliphatic heterocycles. The van der Waals surface area contributed by atoms with Crippen molar-refractivity contribution in [3.05, 3.63) is 0 Å². The van der Waals surface area contributed by atoms with Crippen LogP contribution >= 0.6 is 0 Å². The Balaban J connectivity index is 1.66. The Bertz CT molecular complexity index is 179. The molecule has 0 aromatic rings. The second-order valence-corrected chi connectivity index (χ2v) is 5.77. The van der Waals surface area contributed by atoms with Gasteiger partial charge in [0, 0.05) is 6.04 Å². The molecule has 1 aliphatic carbocycles. The summed E-state index contributed by atoms with van der Waals surface area (Å²) in [6.45, 7) is 3.83. The highest BCUT2D eigenvalue weighted by Gasteiger charge is 2.19. The Morgan fingerprint density at radius 3 is 2.44 bits per heavy atom. The summed E-state index contributed by atoms with van der Waals surface area (Å²) in [5.74, 6) is 0.952. The van der Waals surface area contributed by atoms with Gasteiger partial charge in [-0.15, -0.1) is 0 Å². The lowest BCUT2D eigenvalue weighted by Crippen LogP contribution is -2.33. The van der Waals surface area contributed by atoms with Crippen LogP contribution in [-0.2, 0) is 0 Å². The van der Waals surface area contributed by atoms with Crippen molar-refractivity contribution in [1.29, 1.82) is 0 Å². The molecule has 0 amide bonds. The summed E-state index contributed by atoms with van der Waals surface area (Å²) >= 11 is 0. The number of hydrogen-bond donors (Lipinski definition) is 1. The van der Waals surface area contributed by atoms with Crippen LogP contribution in [0.25, 0.3) is 0 Å². The van der Waals surface area contributed by atoms with Crippen molar-refractivity contribution in [2.24, 2.45) is 5.92 Å². The third-order valence-corrected chi connectivity index (χ3v) is 4.50. The van der Waals surface area contributed by atoms with Crippen LogP contribution in [0.2, 0.25) is 0 Å². The van der Waals surface area contributed by atoms with E-state index in [4.69, 9.17) is 0 Å². The fraction of sp³-hybridized carbons (Fsp3) is 1.00. The standard InChI is InChI=1S/C14H28N2/c1-16(11-9-13-8-10-15-12-13)14-6-4-2-3-5-7-14/h13-15H,2-12H2,1H3. The molecule has 1 saturated heterocycles. The van der Waals surface area contributed by atoms with E-state index in [1.165, 1.54) is 71.0 Å². The highest BCUT2D eigenvalue weighted by molar-refractivity contribution is 4.76. The fourth-order valence-corrected chi connectivity index (χ4v) is 3.23. The predicted molar refractivity (Wildman–Crippen MR) is 69.7 cm³/mol. The Hall–Kier alpha value is -0.0800. The summed E-state index contributed by atoms with van der Waals surface area (Å²) in [5, 5.41) is 3.47. The second-order valence-electron chi connectivity index (χ2n) is 5.77. The highest BCUT2D eigenvalue weighted by atomic mass is 15.1. The summed E-state index contributed by atoms with van der Waals surface area (Å²) in [6, 6.07) is 0.886. The first kappa shape index (κ1) is 12.4. The van der Waals surface area contributed by atoms with Gasteiger partial charge in [0.15, 0.2) is 0 Å². The van der Waals surface area contributed by atoms with Gasteiger partial charge in [-0.05, 0) is 58.3 Å². The van der Waals surface area contributed by atoms with E-state index in [2.05, 4.69) is 17.3 Å². The largest absolute Gasteiger partial charge is 0.316 e. The van der Waals surface area contributed by atoms with Crippen LogP contribution in [-0.4, -0.2) is 37.6 Å². The van der Waals surface area contributed by atoms with Gasteiger partial charge >= 0.3 is 0 Å². The molecule has 2 aliphatic rings. The molecule has 2 rings (SSSR count). The number of rotatable bonds is 4.